The van der Waals surface area contributed by atoms with Gasteiger partial charge in [0.2, 0.25) is 0 Å². The molecule has 4 heteroatoms. The Morgan fingerprint density at radius 1 is 1.53 bits per heavy atom. The predicted octanol–water partition coefficient (Wildman–Crippen LogP) is 2.49. The van der Waals surface area contributed by atoms with Gasteiger partial charge < -0.3 is 15.4 Å². The highest BCUT2D eigenvalue weighted by atomic mass is 32.1. The minimum Gasteiger partial charge on any atom is -0.493 e. The van der Waals surface area contributed by atoms with E-state index in [2.05, 4.69) is 11.9 Å². The zero-order chi connectivity index (χ0) is 13.8. The van der Waals surface area contributed by atoms with E-state index in [1.54, 1.807) is 0 Å². The van der Waals surface area contributed by atoms with Crippen LogP contribution in [0.25, 0.3) is 0 Å². The molecule has 2 rings (SSSR count). The fraction of sp³-hybridized carbons (Fsp3) is 0.533. The van der Waals surface area contributed by atoms with Crippen LogP contribution in [0, 0.1) is 6.92 Å². The molecule has 0 bridgehead atoms. The van der Waals surface area contributed by atoms with Crippen molar-refractivity contribution in [2.75, 3.05) is 20.2 Å². The van der Waals surface area contributed by atoms with E-state index in [1.807, 2.05) is 25.1 Å². The lowest BCUT2D eigenvalue weighted by atomic mass is 10.1. The van der Waals surface area contributed by atoms with E-state index < -0.39 is 0 Å². The molecule has 1 unspecified atom stereocenters. The van der Waals surface area contributed by atoms with Crippen LogP contribution in [0.2, 0.25) is 0 Å². The van der Waals surface area contributed by atoms with Gasteiger partial charge in [-0.3, -0.25) is 0 Å². The number of hydrogen-bond donors (Lipinski definition) is 1. The second-order valence-corrected chi connectivity index (χ2v) is 5.67. The van der Waals surface area contributed by atoms with E-state index in [4.69, 9.17) is 22.7 Å². The van der Waals surface area contributed by atoms with Crippen LogP contribution in [0.1, 0.15) is 30.4 Å². The number of ether oxygens (including phenoxy) is 1. The Kier molecular flexibility index (Phi) is 4.77. The van der Waals surface area contributed by atoms with Crippen molar-refractivity contribution in [1.82, 2.24) is 4.90 Å². The van der Waals surface area contributed by atoms with E-state index in [0.29, 0.717) is 11.0 Å². The molecule has 1 fully saturated rings. The molecule has 1 aromatic carbocycles. The molecule has 1 aliphatic heterocycles. The molecule has 104 valence electrons. The van der Waals surface area contributed by atoms with Crippen molar-refractivity contribution >= 4 is 17.2 Å². The normalized spacial score (nSPS) is 19.6. The number of aryl methyl sites for hydroxylation is 1. The molecule has 19 heavy (non-hydrogen) atoms. The molecular weight excluding hydrogens is 256 g/mol. The van der Waals surface area contributed by atoms with Gasteiger partial charge in [0.05, 0.1) is 12.2 Å². The van der Waals surface area contributed by atoms with Gasteiger partial charge in [-0.05, 0) is 51.4 Å². The van der Waals surface area contributed by atoms with E-state index in [-0.39, 0.29) is 0 Å². The Bertz CT molecular complexity index is 461. The summed E-state index contributed by atoms with van der Waals surface area (Å²) < 4.78 is 5.95. The van der Waals surface area contributed by atoms with E-state index in [9.17, 15) is 0 Å². The number of likely N-dealkylation sites (tertiary alicyclic amines) is 1. The minimum atomic E-state index is 0.400. The molecule has 0 amide bonds. The number of thiocarbonyl (C=S) groups is 1. The SMILES string of the molecule is Cc1cccc(C(N)=S)c1OCCC1CCCN1C. The maximum Gasteiger partial charge on any atom is 0.132 e. The third-order valence-corrected chi connectivity index (χ3v) is 4.07. The molecule has 0 saturated carbocycles. The standard InChI is InChI=1S/C15H22N2OS/c1-11-5-3-7-13(15(16)19)14(11)18-10-8-12-6-4-9-17(12)2/h3,5,7,12H,4,6,8-10H2,1-2H3,(H2,16,19). The van der Waals surface area contributed by atoms with Crippen molar-refractivity contribution in [3.63, 3.8) is 0 Å². The molecule has 3 nitrogen and oxygen atoms in total. The third-order valence-electron chi connectivity index (χ3n) is 3.85. The molecular formula is C15H22N2OS. The monoisotopic (exact) mass is 278 g/mol. The number of nitrogens with two attached hydrogens (primary N) is 1. The van der Waals surface area contributed by atoms with E-state index in [1.165, 1.54) is 19.4 Å². The maximum absolute atomic E-state index is 5.95. The zero-order valence-corrected chi connectivity index (χ0v) is 12.5. The molecule has 1 saturated heterocycles. The lowest BCUT2D eigenvalue weighted by Crippen LogP contribution is -2.26. The van der Waals surface area contributed by atoms with Gasteiger partial charge in [0.15, 0.2) is 0 Å². The first-order valence-electron chi connectivity index (χ1n) is 6.82. The van der Waals surface area contributed by atoms with Gasteiger partial charge in [0.25, 0.3) is 0 Å². The van der Waals surface area contributed by atoms with Gasteiger partial charge in [0.1, 0.15) is 10.7 Å². The Hall–Kier alpha value is -1.13. The highest BCUT2D eigenvalue weighted by Gasteiger charge is 2.20. The molecule has 0 radical (unpaired) electrons. The number of benzene rings is 1. The van der Waals surface area contributed by atoms with Crippen LogP contribution in [0.5, 0.6) is 5.75 Å². The Labute approximate surface area is 120 Å². The number of nitrogens with zero attached hydrogens (tertiary/aromatic N) is 1. The van der Waals surface area contributed by atoms with Crippen molar-refractivity contribution < 1.29 is 4.74 Å². The van der Waals surface area contributed by atoms with Crippen LogP contribution in [0.3, 0.4) is 0 Å². The van der Waals surface area contributed by atoms with Crippen molar-refractivity contribution in [3.8, 4) is 5.75 Å². The molecule has 0 aromatic heterocycles. The number of hydrogen-bond acceptors (Lipinski definition) is 3. The predicted molar refractivity (Wildman–Crippen MR) is 82.8 cm³/mol. The van der Waals surface area contributed by atoms with Crippen LogP contribution in [-0.2, 0) is 0 Å². The quantitative estimate of drug-likeness (QED) is 0.840. The van der Waals surface area contributed by atoms with Crippen LogP contribution < -0.4 is 10.5 Å². The molecule has 1 aliphatic rings. The largest absolute Gasteiger partial charge is 0.493 e. The fourth-order valence-corrected chi connectivity index (χ4v) is 2.84. The molecule has 2 N–H and O–H groups in total. The first-order valence-corrected chi connectivity index (χ1v) is 7.23. The van der Waals surface area contributed by atoms with E-state index >= 15 is 0 Å². The minimum absolute atomic E-state index is 0.400. The highest BCUT2D eigenvalue weighted by Crippen LogP contribution is 2.24. The van der Waals surface area contributed by atoms with Gasteiger partial charge in [-0.1, -0.05) is 24.4 Å². The highest BCUT2D eigenvalue weighted by molar-refractivity contribution is 7.80. The summed E-state index contributed by atoms with van der Waals surface area (Å²) in [4.78, 5) is 2.81. The Morgan fingerprint density at radius 2 is 2.32 bits per heavy atom. The van der Waals surface area contributed by atoms with Crippen molar-refractivity contribution in [2.24, 2.45) is 5.73 Å². The molecule has 0 aliphatic carbocycles. The van der Waals surface area contributed by atoms with Gasteiger partial charge >= 0.3 is 0 Å². The smallest absolute Gasteiger partial charge is 0.132 e. The van der Waals surface area contributed by atoms with Gasteiger partial charge in [-0.2, -0.15) is 0 Å². The van der Waals surface area contributed by atoms with Crippen LogP contribution in [0.4, 0.5) is 0 Å². The van der Waals surface area contributed by atoms with Crippen LogP contribution >= 0.6 is 12.2 Å². The first-order chi connectivity index (χ1) is 9.09. The second-order valence-electron chi connectivity index (χ2n) is 5.23. The summed E-state index contributed by atoms with van der Waals surface area (Å²) >= 11 is 5.08. The summed E-state index contributed by atoms with van der Waals surface area (Å²) in [5.74, 6) is 0.843. The Morgan fingerprint density at radius 3 is 2.95 bits per heavy atom. The molecule has 1 atom stereocenters. The van der Waals surface area contributed by atoms with Crippen LogP contribution in [-0.4, -0.2) is 36.1 Å². The second kappa shape index (κ2) is 6.35. The van der Waals surface area contributed by atoms with Gasteiger partial charge in [-0.25, -0.2) is 0 Å². The van der Waals surface area contributed by atoms with Crippen molar-refractivity contribution in [3.05, 3.63) is 29.3 Å². The maximum atomic E-state index is 5.95. The summed E-state index contributed by atoms with van der Waals surface area (Å²) in [5, 5.41) is 0. The summed E-state index contributed by atoms with van der Waals surface area (Å²) in [6.45, 7) is 3.95. The summed E-state index contributed by atoms with van der Waals surface area (Å²) in [6, 6.07) is 6.56. The van der Waals surface area contributed by atoms with Gasteiger partial charge in [-0.15, -0.1) is 0 Å². The summed E-state index contributed by atoms with van der Waals surface area (Å²) in [5.41, 5.74) is 7.67. The molecule has 0 spiro atoms. The summed E-state index contributed by atoms with van der Waals surface area (Å²) in [7, 11) is 2.19. The average molecular weight is 278 g/mol. The van der Waals surface area contributed by atoms with Crippen molar-refractivity contribution in [1.29, 1.82) is 0 Å². The van der Waals surface area contributed by atoms with Crippen LogP contribution in [0.15, 0.2) is 18.2 Å². The number of rotatable bonds is 5. The van der Waals surface area contributed by atoms with Crippen molar-refractivity contribution in [2.45, 2.75) is 32.2 Å². The average Bonchev–Trinajstić information content (AvgIpc) is 2.77. The topological polar surface area (TPSA) is 38.5 Å². The first kappa shape index (κ1) is 14.3. The number of para-hydroxylation sites is 1. The lowest BCUT2D eigenvalue weighted by Gasteiger charge is -2.20. The summed E-state index contributed by atoms with van der Waals surface area (Å²) in [6.07, 6.45) is 3.63. The zero-order valence-electron chi connectivity index (χ0n) is 11.7. The molecule has 1 aromatic rings. The lowest BCUT2D eigenvalue weighted by molar-refractivity contribution is 0.232. The van der Waals surface area contributed by atoms with E-state index in [0.717, 1.165) is 29.9 Å². The third kappa shape index (κ3) is 3.45. The van der Waals surface area contributed by atoms with Gasteiger partial charge in [0, 0.05) is 6.04 Å². The molecule has 1 heterocycles. The fourth-order valence-electron chi connectivity index (χ4n) is 2.68. The Balaban J connectivity index is 1.97.